The average molecular weight is 308 g/mol. The van der Waals surface area contributed by atoms with Gasteiger partial charge in [0.2, 0.25) is 0 Å². The van der Waals surface area contributed by atoms with E-state index in [-0.39, 0.29) is 0 Å². The number of aliphatic hydroxyl groups is 4. The van der Waals surface area contributed by atoms with Gasteiger partial charge in [-0.2, -0.15) is 0 Å². The van der Waals surface area contributed by atoms with Crippen LogP contribution >= 0.6 is 0 Å². The van der Waals surface area contributed by atoms with Gasteiger partial charge in [-0.15, -0.1) is 0 Å². The summed E-state index contributed by atoms with van der Waals surface area (Å²) in [7, 11) is 0. The molecule has 0 aliphatic carbocycles. The molecule has 0 saturated heterocycles. The zero-order chi connectivity index (χ0) is 17.1. The van der Waals surface area contributed by atoms with Crippen molar-refractivity contribution in [1.29, 1.82) is 0 Å². The molecule has 128 valence electrons. The van der Waals surface area contributed by atoms with Crippen LogP contribution in [0.1, 0.15) is 65.2 Å². The standard InChI is InChI=1S/2C6H14O2.C3H4O2/c2*1-2-3-4-5-6(7)8;1-2-3(4)5/h2*6-8H,2-5H2,1H3;2H,1H2,(H,4,5). The molecule has 5 N–H and O–H groups in total. The van der Waals surface area contributed by atoms with E-state index in [9.17, 15) is 4.79 Å². The molecule has 0 aliphatic heterocycles. The lowest BCUT2D eigenvalue weighted by molar-refractivity contribution is -0.131. The molecule has 0 spiro atoms. The molecule has 6 nitrogen and oxygen atoms in total. The van der Waals surface area contributed by atoms with Crippen molar-refractivity contribution in [3.63, 3.8) is 0 Å². The largest absolute Gasteiger partial charge is 0.478 e. The molecule has 0 bridgehead atoms. The van der Waals surface area contributed by atoms with E-state index in [1.807, 2.05) is 0 Å². The summed E-state index contributed by atoms with van der Waals surface area (Å²) >= 11 is 0. The van der Waals surface area contributed by atoms with Gasteiger partial charge in [0.1, 0.15) is 0 Å². The Bertz CT molecular complexity index is 202. The molecule has 0 saturated carbocycles. The van der Waals surface area contributed by atoms with E-state index in [1.54, 1.807) is 0 Å². The SMILES string of the molecule is C=CC(=O)O.CCCCCC(O)O.CCCCCC(O)O. The van der Waals surface area contributed by atoms with E-state index in [0.29, 0.717) is 12.8 Å². The normalized spacial score (nSPS) is 9.52. The van der Waals surface area contributed by atoms with Gasteiger partial charge < -0.3 is 25.5 Å². The zero-order valence-electron chi connectivity index (χ0n) is 13.2. The van der Waals surface area contributed by atoms with Crippen LogP contribution in [0, 0.1) is 0 Å². The van der Waals surface area contributed by atoms with Crippen molar-refractivity contribution in [2.45, 2.75) is 77.8 Å². The van der Waals surface area contributed by atoms with E-state index in [4.69, 9.17) is 25.5 Å². The molecule has 0 aromatic rings. The molecular weight excluding hydrogens is 276 g/mol. The average Bonchev–Trinajstić information content (AvgIpc) is 2.40. The van der Waals surface area contributed by atoms with Crippen molar-refractivity contribution in [1.82, 2.24) is 0 Å². The molecule has 0 atom stereocenters. The van der Waals surface area contributed by atoms with Crippen molar-refractivity contribution in [3.8, 4) is 0 Å². The topological polar surface area (TPSA) is 118 Å². The number of aliphatic hydroxyl groups excluding tert-OH is 2. The van der Waals surface area contributed by atoms with Gasteiger partial charge in [0.05, 0.1) is 0 Å². The minimum absolute atomic E-state index is 0.522. The summed E-state index contributed by atoms with van der Waals surface area (Å²) in [4.78, 5) is 9.25. The highest BCUT2D eigenvalue weighted by atomic mass is 16.5. The Morgan fingerprint density at radius 1 is 0.905 bits per heavy atom. The first-order valence-electron chi connectivity index (χ1n) is 7.39. The molecule has 0 rings (SSSR count). The molecule has 0 aliphatic rings. The van der Waals surface area contributed by atoms with Crippen LogP contribution in [0.2, 0.25) is 0 Å². The molecule has 0 aromatic carbocycles. The number of carboxylic acid groups (broad SMARTS) is 1. The lowest BCUT2D eigenvalue weighted by Gasteiger charge is -1.99. The van der Waals surface area contributed by atoms with Gasteiger partial charge in [0.15, 0.2) is 12.6 Å². The Balaban J connectivity index is -0.000000239. The van der Waals surface area contributed by atoms with E-state index in [0.717, 1.165) is 44.6 Å². The summed E-state index contributed by atoms with van der Waals surface area (Å²) in [6.07, 6.45) is 5.99. The van der Waals surface area contributed by atoms with Crippen molar-refractivity contribution < 1.29 is 30.3 Å². The maximum Gasteiger partial charge on any atom is 0.327 e. The van der Waals surface area contributed by atoms with Crippen LogP contribution < -0.4 is 0 Å². The predicted octanol–water partition coefficient (Wildman–Crippen LogP) is 2.01. The van der Waals surface area contributed by atoms with Crippen LogP contribution in [-0.4, -0.2) is 44.1 Å². The minimum Gasteiger partial charge on any atom is -0.478 e. The zero-order valence-corrected chi connectivity index (χ0v) is 13.2. The first-order chi connectivity index (χ1) is 9.81. The van der Waals surface area contributed by atoms with E-state index in [2.05, 4.69) is 20.4 Å². The molecule has 0 heterocycles. The summed E-state index contributed by atoms with van der Waals surface area (Å²) in [6.45, 7) is 7.13. The molecule has 0 aromatic heterocycles. The maximum atomic E-state index is 9.25. The van der Waals surface area contributed by atoms with Crippen LogP contribution in [-0.2, 0) is 4.79 Å². The molecule has 0 unspecified atom stereocenters. The number of aliphatic carboxylic acids is 1. The Morgan fingerprint density at radius 3 is 1.33 bits per heavy atom. The monoisotopic (exact) mass is 308 g/mol. The molecular formula is C15H32O6. The van der Waals surface area contributed by atoms with Gasteiger partial charge in [0.25, 0.3) is 0 Å². The second kappa shape index (κ2) is 21.4. The number of carbonyl (C=O) groups is 1. The fraction of sp³-hybridized carbons (Fsp3) is 0.800. The fourth-order valence-electron chi connectivity index (χ4n) is 1.15. The summed E-state index contributed by atoms with van der Waals surface area (Å²) in [6, 6.07) is 0. The van der Waals surface area contributed by atoms with Gasteiger partial charge in [-0.1, -0.05) is 46.1 Å². The van der Waals surface area contributed by atoms with Crippen LogP contribution in [0.5, 0.6) is 0 Å². The van der Waals surface area contributed by atoms with Gasteiger partial charge >= 0.3 is 5.97 Å². The third kappa shape index (κ3) is 45.4. The highest BCUT2D eigenvalue weighted by Crippen LogP contribution is 2.00. The Hall–Kier alpha value is -0.950. The Morgan fingerprint density at radius 2 is 1.19 bits per heavy atom. The summed E-state index contributed by atoms with van der Waals surface area (Å²) in [5, 5.41) is 40.9. The highest BCUT2D eigenvalue weighted by Gasteiger charge is 1.94. The smallest absolute Gasteiger partial charge is 0.327 e. The third-order valence-electron chi connectivity index (χ3n) is 2.31. The van der Waals surface area contributed by atoms with Crippen LogP contribution in [0.25, 0.3) is 0 Å². The number of rotatable bonds is 9. The number of hydrogen-bond donors (Lipinski definition) is 5. The van der Waals surface area contributed by atoms with Gasteiger partial charge in [0, 0.05) is 6.08 Å². The van der Waals surface area contributed by atoms with E-state index >= 15 is 0 Å². The van der Waals surface area contributed by atoms with Crippen LogP contribution in [0.3, 0.4) is 0 Å². The maximum absolute atomic E-state index is 9.25. The number of hydrogen-bond acceptors (Lipinski definition) is 5. The number of carboxylic acids is 1. The second-order valence-electron chi connectivity index (χ2n) is 4.50. The van der Waals surface area contributed by atoms with Crippen LogP contribution in [0.4, 0.5) is 0 Å². The van der Waals surface area contributed by atoms with Crippen molar-refractivity contribution in [3.05, 3.63) is 12.7 Å². The fourth-order valence-corrected chi connectivity index (χ4v) is 1.15. The predicted molar refractivity (Wildman–Crippen MR) is 82.6 cm³/mol. The first-order valence-corrected chi connectivity index (χ1v) is 7.39. The van der Waals surface area contributed by atoms with Gasteiger partial charge in [-0.25, -0.2) is 4.79 Å². The van der Waals surface area contributed by atoms with E-state index in [1.165, 1.54) is 0 Å². The molecule has 6 heteroatoms. The number of unbranched alkanes of at least 4 members (excludes halogenated alkanes) is 4. The van der Waals surface area contributed by atoms with Gasteiger partial charge in [-0.05, 0) is 25.7 Å². The summed E-state index contributed by atoms with van der Waals surface area (Å²) in [5.41, 5.74) is 0. The van der Waals surface area contributed by atoms with Crippen molar-refractivity contribution in [2.75, 3.05) is 0 Å². The summed E-state index contributed by atoms with van der Waals surface area (Å²) in [5.74, 6) is -0.981. The lowest BCUT2D eigenvalue weighted by atomic mass is 10.2. The van der Waals surface area contributed by atoms with Crippen molar-refractivity contribution >= 4 is 5.97 Å². The first kappa shape index (κ1) is 25.0. The lowest BCUT2D eigenvalue weighted by Crippen LogP contribution is -2.02. The highest BCUT2D eigenvalue weighted by molar-refractivity contribution is 5.78. The molecule has 0 fully saturated rings. The Kier molecular flexibility index (Phi) is 25.4. The van der Waals surface area contributed by atoms with Crippen molar-refractivity contribution in [2.24, 2.45) is 0 Å². The quantitative estimate of drug-likeness (QED) is 0.253. The summed E-state index contributed by atoms with van der Waals surface area (Å²) < 4.78 is 0. The third-order valence-corrected chi connectivity index (χ3v) is 2.31. The Labute approximate surface area is 127 Å². The molecule has 0 amide bonds. The minimum atomic E-state index is -1.10. The second-order valence-corrected chi connectivity index (χ2v) is 4.50. The molecule has 0 radical (unpaired) electrons. The molecule has 21 heavy (non-hydrogen) atoms. The van der Waals surface area contributed by atoms with Gasteiger partial charge in [-0.3, -0.25) is 0 Å². The van der Waals surface area contributed by atoms with E-state index < -0.39 is 18.5 Å². The van der Waals surface area contributed by atoms with Crippen LogP contribution in [0.15, 0.2) is 12.7 Å².